The first-order valence-electron chi connectivity index (χ1n) is 8.28. The number of rotatable bonds is 2. The molecule has 4 rings (SSSR count). The summed E-state index contributed by atoms with van der Waals surface area (Å²) in [5, 5.41) is 16.5. The van der Waals surface area contributed by atoms with Crippen molar-refractivity contribution in [2.45, 2.75) is 13.0 Å². The molecule has 3 aromatic rings. The van der Waals surface area contributed by atoms with Crippen LogP contribution in [0.5, 0.6) is 0 Å². The molecule has 1 aliphatic heterocycles. The zero-order valence-corrected chi connectivity index (χ0v) is 13.9. The van der Waals surface area contributed by atoms with Crippen LogP contribution in [-0.4, -0.2) is 27.5 Å². The van der Waals surface area contributed by atoms with Gasteiger partial charge in [-0.3, -0.25) is 9.89 Å². The maximum atomic E-state index is 14.2. The van der Waals surface area contributed by atoms with Crippen molar-refractivity contribution in [2.75, 3.05) is 6.54 Å². The summed E-state index contributed by atoms with van der Waals surface area (Å²) in [4.78, 5) is 14.6. The van der Waals surface area contributed by atoms with Gasteiger partial charge in [-0.05, 0) is 24.3 Å². The van der Waals surface area contributed by atoms with Gasteiger partial charge < -0.3 is 4.90 Å². The minimum Gasteiger partial charge on any atom is -0.334 e. The van der Waals surface area contributed by atoms with Crippen LogP contribution in [0.3, 0.4) is 0 Å². The number of aromatic amines is 1. The average molecular weight is 346 g/mol. The number of nitrogens with one attached hydrogen (secondary N) is 1. The highest BCUT2D eigenvalue weighted by atomic mass is 19.1. The SMILES string of the molecule is N#Cc1ccccc1C(=O)N1CCc2[nH]nc(-c3ccccc3F)c2C1. The van der Waals surface area contributed by atoms with Crippen LogP contribution < -0.4 is 0 Å². The highest BCUT2D eigenvalue weighted by Gasteiger charge is 2.28. The fourth-order valence-corrected chi connectivity index (χ4v) is 3.28. The van der Waals surface area contributed by atoms with E-state index in [4.69, 9.17) is 0 Å². The summed E-state index contributed by atoms with van der Waals surface area (Å²) < 4.78 is 14.2. The largest absolute Gasteiger partial charge is 0.334 e. The Morgan fingerprint density at radius 3 is 2.77 bits per heavy atom. The van der Waals surface area contributed by atoms with Crippen molar-refractivity contribution in [2.24, 2.45) is 0 Å². The molecule has 0 radical (unpaired) electrons. The molecule has 0 bridgehead atoms. The van der Waals surface area contributed by atoms with Gasteiger partial charge in [-0.2, -0.15) is 10.4 Å². The molecule has 2 heterocycles. The molecule has 0 fully saturated rings. The predicted molar refractivity (Wildman–Crippen MR) is 93.6 cm³/mol. The summed E-state index contributed by atoms with van der Waals surface area (Å²) in [6.45, 7) is 0.846. The second kappa shape index (κ2) is 6.45. The van der Waals surface area contributed by atoms with E-state index in [1.54, 1.807) is 47.4 Å². The number of fused-ring (bicyclic) bond motifs is 1. The molecule has 0 spiro atoms. The molecule has 0 aliphatic carbocycles. The summed E-state index contributed by atoms with van der Waals surface area (Å²) in [6, 6.07) is 15.3. The van der Waals surface area contributed by atoms with Crippen molar-refractivity contribution in [3.8, 4) is 17.3 Å². The van der Waals surface area contributed by atoms with E-state index < -0.39 is 0 Å². The molecule has 1 aromatic heterocycles. The van der Waals surface area contributed by atoms with E-state index in [0.717, 1.165) is 11.3 Å². The first kappa shape index (κ1) is 16.0. The Labute approximate surface area is 149 Å². The van der Waals surface area contributed by atoms with Gasteiger partial charge in [0.15, 0.2) is 0 Å². The summed E-state index contributed by atoms with van der Waals surface area (Å²) in [7, 11) is 0. The molecular formula is C20H15FN4O. The van der Waals surface area contributed by atoms with Gasteiger partial charge in [-0.15, -0.1) is 0 Å². The average Bonchev–Trinajstić information content (AvgIpc) is 3.10. The predicted octanol–water partition coefficient (Wildman–Crippen LogP) is 3.29. The third-order valence-electron chi connectivity index (χ3n) is 4.63. The number of benzene rings is 2. The van der Waals surface area contributed by atoms with Crippen molar-refractivity contribution in [3.63, 3.8) is 0 Å². The molecule has 5 nitrogen and oxygen atoms in total. The van der Waals surface area contributed by atoms with Gasteiger partial charge in [0, 0.05) is 36.3 Å². The number of amides is 1. The van der Waals surface area contributed by atoms with Crippen LogP contribution in [0.25, 0.3) is 11.3 Å². The van der Waals surface area contributed by atoms with E-state index in [1.165, 1.54) is 6.07 Å². The second-order valence-electron chi connectivity index (χ2n) is 6.14. The Bertz CT molecular complexity index is 1030. The van der Waals surface area contributed by atoms with Crippen LogP contribution in [0.1, 0.15) is 27.2 Å². The third kappa shape index (κ3) is 2.64. The quantitative estimate of drug-likeness (QED) is 0.774. The molecule has 1 N–H and O–H groups in total. The standard InChI is InChI=1S/C20H15FN4O/c21-17-8-4-3-7-15(17)19-16-12-25(10-9-18(16)23-24-19)20(26)14-6-2-1-5-13(14)11-22/h1-8H,9-10,12H2,(H,23,24). The molecule has 1 amide bonds. The van der Waals surface area contributed by atoms with Crippen LogP contribution in [0.4, 0.5) is 4.39 Å². The summed E-state index contributed by atoms with van der Waals surface area (Å²) in [5.41, 5.74) is 3.42. The van der Waals surface area contributed by atoms with Gasteiger partial charge in [-0.1, -0.05) is 24.3 Å². The third-order valence-corrected chi connectivity index (χ3v) is 4.63. The van der Waals surface area contributed by atoms with Crippen LogP contribution >= 0.6 is 0 Å². The molecule has 2 aromatic carbocycles. The van der Waals surface area contributed by atoms with Crippen molar-refractivity contribution in [1.82, 2.24) is 15.1 Å². The molecule has 0 unspecified atom stereocenters. The fraction of sp³-hybridized carbons (Fsp3) is 0.150. The van der Waals surface area contributed by atoms with Crippen molar-refractivity contribution >= 4 is 5.91 Å². The number of hydrogen-bond acceptors (Lipinski definition) is 3. The zero-order valence-electron chi connectivity index (χ0n) is 13.9. The first-order chi connectivity index (χ1) is 12.7. The minimum absolute atomic E-state index is 0.200. The summed E-state index contributed by atoms with van der Waals surface area (Å²) in [5.74, 6) is -0.548. The molecule has 0 saturated heterocycles. The zero-order chi connectivity index (χ0) is 18.1. The van der Waals surface area contributed by atoms with E-state index >= 15 is 0 Å². The molecule has 128 valence electrons. The highest BCUT2D eigenvalue weighted by molar-refractivity contribution is 5.96. The maximum absolute atomic E-state index is 14.2. The van der Waals surface area contributed by atoms with Crippen LogP contribution in [0.2, 0.25) is 0 Å². The van der Waals surface area contributed by atoms with Gasteiger partial charge in [0.05, 0.1) is 17.2 Å². The van der Waals surface area contributed by atoms with E-state index in [0.29, 0.717) is 41.9 Å². The number of halogens is 1. The van der Waals surface area contributed by atoms with Crippen molar-refractivity contribution < 1.29 is 9.18 Å². The number of carbonyl (C=O) groups excluding carboxylic acids is 1. The Hall–Kier alpha value is -3.46. The second-order valence-corrected chi connectivity index (χ2v) is 6.14. The van der Waals surface area contributed by atoms with Crippen LogP contribution in [0.15, 0.2) is 48.5 Å². The highest BCUT2D eigenvalue weighted by Crippen LogP contribution is 2.30. The van der Waals surface area contributed by atoms with E-state index in [-0.39, 0.29) is 11.7 Å². The monoisotopic (exact) mass is 346 g/mol. The van der Waals surface area contributed by atoms with Crippen LogP contribution in [0, 0.1) is 17.1 Å². The number of aromatic nitrogens is 2. The van der Waals surface area contributed by atoms with Gasteiger partial charge in [0.25, 0.3) is 5.91 Å². The number of hydrogen-bond donors (Lipinski definition) is 1. The van der Waals surface area contributed by atoms with E-state index in [1.807, 2.05) is 0 Å². The Kier molecular flexibility index (Phi) is 3.98. The molecule has 1 aliphatic rings. The number of H-pyrrole nitrogens is 1. The maximum Gasteiger partial charge on any atom is 0.255 e. The van der Waals surface area contributed by atoms with Crippen molar-refractivity contribution in [1.29, 1.82) is 5.26 Å². The minimum atomic E-state index is -0.347. The van der Waals surface area contributed by atoms with Gasteiger partial charge in [-0.25, -0.2) is 4.39 Å². The van der Waals surface area contributed by atoms with E-state index in [2.05, 4.69) is 16.3 Å². The lowest BCUT2D eigenvalue weighted by Crippen LogP contribution is -2.36. The topological polar surface area (TPSA) is 72.8 Å². The van der Waals surface area contributed by atoms with E-state index in [9.17, 15) is 14.4 Å². The van der Waals surface area contributed by atoms with Gasteiger partial charge >= 0.3 is 0 Å². The lowest BCUT2D eigenvalue weighted by Gasteiger charge is -2.27. The Balaban J connectivity index is 1.68. The van der Waals surface area contributed by atoms with Crippen LogP contribution in [-0.2, 0) is 13.0 Å². The molecule has 26 heavy (non-hydrogen) atoms. The Morgan fingerprint density at radius 1 is 1.19 bits per heavy atom. The fourth-order valence-electron chi connectivity index (χ4n) is 3.28. The number of nitrogens with zero attached hydrogens (tertiary/aromatic N) is 3. The molecule has 0 atom stereocenters. The summed E-state index contributed by atoms with van der Waals surface area (Å²) in [6.07, 6.45) is 0.608. The van der Waals surface area contributed by atoms with Gasteiger partial charge in [0.1, 0.15) is 11.5 Å². The molecule has 6 heteroatoms. The number of nitriles is 1. The lowest BCUT2D eigenvalue weighted by atomic mass is 9.99. The summed E-state index contributed by atoms with van der Waals surface area (Å²) >= 11 is 0. The first-order valence-corrected chi connectivity index (χ1v) is 8.28. The van der Waals surface area contributed by atoms with Gasteiger partial charge in [0.2, 0.25) is 0 Å². The smallest absolute Gasteiger partial charge is 0.255 e. The molecule has 0 saturated carbocycles. The molecular weight excluding hydrogens is 331 g/mol. The normalized spacial score (nSPS) is 13.2. The Morgan fingerprint density at radius 2 is 1.96 bits per heavy atom. The number of carbonyl (C=O) groups is 1. The lowest BCUT2D eigenvalue weighted by molar-refractivity contribution is 0.0734. The van der Waals surface area contributed by atoms with Crippen molar-refractivity contribution in [3.05, 3.63) is 76.7 Å².